The van der Waals surface area contributed by atoms with Gasteiger partial charge in [-0.1, -0.05) is 0 Å². The van der Waals surface area contributed by atoms with Crippen LogP contribution in [0.3, 0.4) is 0 Å². The molecule has 0 aliphatic heterocycles. The second kappa shape index (κ2) is 7.29. The van der Waals surface area contributed by atoms with E-state index in [1.165, 1.54) is 0 Å². The van der Waals surface area contributed by atoms with Crippen LogP contribution in [0.1, 0.15) is 12.8 Å². The maximum absolute atomic E-state index is 11.6. The van der Waals surface area contributed by atoms with E-state index in [0.717, 1.165) is 28.9 Å². The lowest BCUT2D eigenvalue weighted by atomic mass is 10.2. The van der Waals surface area contributed by atoms with Gasteiger partial charge in [-0.2, -0.15) is 0 Å². The molecule has 2 N–H and O–H groups in total. The van der Waals surface area contributed by atoms with E-state index in [1.807, 2.05) is 19.2 Å². The summed E-state index contributed by atoms with van der Waals surface area (Å²) in [4.78, 5) is 11.6. The molecule has 0 aromatic heterocycles. The van der Waals surface area contributed by atoms with Gasteiger partial charge in [0.1, 0.15) is 5.75 Å². The standard InChI is InChI=1S/C12H17BrN2O2/c1-14-7-3-4-12(16)15-11-8-9(17-2)5-6-10(11)13/h5-6,8,14H,3-4,7H2,1-2H3,(H,15,16). The first-order chi connectivity index (χ1) is 8.17. The van der Waals surface area contributed by atoms with Gasteiger partial charge in [0.2, 0.25) is 5.91 Å². The van der Waals surface area contributed by atoms with Gasteiger partial charge in [-0.25, -0.2) is 0 Å². The number of nitrogens with one attached hydrogen (secondary N) is 2. The minimum absolute atomic E-state index is 0.00852. The number of carbonyl (C=O) groups is 1. The van der Waals surface area contributed by atoms with E-state index in [9.17, 15) is 4.79 Å². The number of hydrogen-bond acceptors (Lipinski definition) is 3. The molecule has 1 amide bonds. The van der Waals surface area contributed by atoms with Gasteiger partial charge >= 0.3 is 0 Å². The number of rotatable bonds is 6. The molecule has 0 heterocycles. The Morgan fingerprint density at radius 3 is 2.88 bits per heavy atom. The number of halogens is 1. The average molecular weight is 301 g/mol. The van der Waals surface area contributed by atoms with E-state index < -0.39 is 0 Å². The van der Waals surface area contributed by atoms with E-state index in [4.69, 9.17) is 4.74 Å². The van der Waals surface area contributed by atoms with E-state index >= 15 is 0 Å². The maximum atomic E-state index is 11.6. The van der Waals surface area contributed by atoms with Crippen molar-refractivity contribution >= 4 is 27.5 Å². The number of methoxy groups -OCH3 is 1. The van der Waals surface area contributed by atoms with Crippen LogP contribution in [0.5, 0.6) is 5.75 Å². The largest absolute Gasteiger partial charge is 0.497 e. The van der Waals surface area contributed by atoms with Gasteiger partial charge in [-0.05, 0) is 48.1 Å². The van der Waals surface area contributed by atoms with Crippen molar-refractivity contribution in [3.05, 3.63) is 22.7 Å². The van der Waals surface area contributed by atoms with E-state index in [-0.39, 0.29) is 5.91 Å². The lowest BCUT2D eigenvalue weighted by Gasteiger charge is -2.09. The molecule has 0 aliphatic rings. The molecule has 1 aromatic carbocycles. The molecule has 17 heavy (non-hydrogen) atoms. The highest BCUT2D eigenvalue weighted by Crippen LogP contribution is 2.27. The van der Waals surface area contributed by atoms with Crippen molar-refractivity contribution in [3.63, 3.8) is 0 Å². The molecule has 0 fully saturated rings. The molecular formula is C12H17BrN2O2. The molecule has 0 unspecified atom stereocenters. The molecule has 0 saturated heterocycles. The van der Waals surface area contributed by atoms with Crippen LogP contribution in [-0.2, 0) is 4.79 Å². The zero-order valence-corrected chi connectivity index (χ0v) is 11.6. The summed E-state index contributed by atoms with van der Waals surface area (Å²) in [5.41, 5.74) is 0.735. The van der Waals surface area contributed by atoms with Gasteiger partial charge in [0.15, 0.2) is 0 Å². The number of hydrogen-bond donors (Lipinski definition) is 2. The third-order valence-electron chi connectivity index (χ3n) is 2.28. The summed E-state index contributed by atoms with van der Waals surface area (Å²) in [5, 5.41) is 5.86. The molecule has 0 bridgehead atoms. The van der Waals surface area contributed by atoms with Gasteiger partial charge in [-0.15, -0.1) is 0 Å². The summed E-state index contributed by atoms with van der Waals surface area (Å²) in [5.74, 6) is 0.730. The highest BCUT2D eigenvalue weighted by atomic mass is 79.9. The molecule has 0 atom stereocenters. The van der Waals surface area contributed by atoms with Gasteiger partial charge in [0.05, 0.1) is 12.8 Å². The SMILES string of the molecule is CNCCCC(=O)Nc1cc(OC)ccc1Br. The zero-order valence-electron chi connectivity index (χ0n) is 10.0. The Morgan fingerprint density at radius 2 is 2.24 bits per heavy atom. The summed E-state index contributed by atoms with van der Waals surface area (Å²) < 4.78 is 5.96. The predicted molar refractivity (Wildman–Crippen MR) is 72.5 cm³/mol. The van der Waals surface area contributed by atoms with Gasteiger partial charge in [-0.3, -0.25) is 4.79 Å². The Bertz CT molecular complexity index is 383. The molecule has 1 aromatic rings. The summed E-state index contributed by atoms with van der Waals surface area (Å²) >= 11 is 3.39. The van der Waals surface area contributed by atoms with Crippen LogP contribution in [0.4, 0.5) is 5.69 Å². The fraction of sp³-hybridized carbons (Fsp3) is 0.417. The molecule has 94 valence electrons. The normalized spacial score (nSPS) is 10.1. The average Bonchev–Trinajstić information content (AvgIpc) is 2.32. The Kier molecular flexibility index (Phi) is 6.00. The fourth-order valence-electron chi connectivity index (χ4n) is 1.37. The molecule has 0 aliphatic carbocycles. The second-order valence-corrected chi connectivity index (χ2v) is 4.46. The Morgan fingerprint density at radius 1 is 1.47 bits per heavy atom. The third-order valence-corrected chi connectivity index (χ3v) is 2.97. The van der Waals surface area contributed by atoms with Crippen LogP contribution in [0, 0.1) is 0 Å². The zero-order chi connectivity index (χ0) is 12.7. The second-order valence-electron chi connectivity index (χ2n) is 3.60. The Labute approximate surface area is 110 Å². The van der Waals surface area contributed by atoms with E-state index in [2.05, 4.69) is 26.6 Å². The highest BCUT2D eigenvalue weighted by molar-refractivity contribution is 9.10. The van der Waals surface area contributed by atoms with Crippen molar-refractivity contribution < 1.29 is 9.53 Å². The van der Waals surface area contributed by atoms with Gasteiger partial charge < -0.3 is 15.4 Å². The Hall–Kier alpha value is -1.07. The summed E-state index contributed by atoms with van der Waals surface area (Å²) in [6.07, 6.45) is 1.33. The lowest BCUT2D eigenvalue weighted by Crippen LogP contribution is -2.15. The van der Waals surface area contributed by atoms with Crippen LogP contribution >= 0.6 is 15.9 Å². The van der Waals surface area contributed by atoms with Crippen LogP contribution in [0.25, 0.3) is 0 Å². The number of amides is 1. The molecule has 1 rings (SSSR count). The summed E-state index contributed by atoms with van der Waals surface area (Å²) in [7, 11) is 3.47. The first-order valence-electron chi connectivity index (χ1n) is 5.45. The minimum Gasteiger partial charge on any atom is -0.497 e. The van der Waals surface area contributed by atoms with Crippen molar-refractivity contribution in [1.29, 1.82) is 0 Å². The van der Waals surface area contributed by atoms with Crippen LogP contribution < -0.4 is 15.4 Å². The molecule has 4 nitrogen and oxygen atoms in total. The topological polar surface area (TPSA) is 50.4 Å². The van der Waals surface area contributed by atoms with Crippen molar-refractivity contribution in [2.75, 3.05) is 26.0 Å². The molecular weight excluding hydrogens is 284 g/mol. The maximum Gasteiger partial charge on any atom is 0.224 e. The van der Waals surface area contributed by atoms with Gasteiger partial charge in [0, 0.05) is 17.0 Å². The number of anilines is 1. The summed E-state index contributed by atoms with van der Waals surface area (Å²) in [6.45, 7) is 0.840. The van der Waals surface area contributed by atoms with Gasteiger partial charge in [0.25, 0.3) is 0 Å². The molecule has 0 saturated carbocycles. The highest BCUT2D eigenvalue weighted by Gasteiger charge is 2.06. The number of ether oxygens (including phenoxy) is 1. The lowest BCUT2D eigenvalue weighted by molar-refractivity contribution is -0.116. The Balaban J connectivity index is 2.57. The van der Waals surface area contributed by atoms with Crippen molar-refractivity contribution in [3.8, 4) is 5.75 Å². The minimum atomic E-state index is 0.00852. The van der Waals surface area contributed by atoms with Crippen LogP contribution in [0.15, 0.2) is 22.7 Å². The number of carbonyl (C=O) groups excluding carboxylic acids is 1. The molecule has 5 heteroatoms. The molecule has 0 spiro atoms. The monoisotopic (exact) mass is 300 g/mol. The first kappa shape index (κ1) is 14.0. The smallest absolute Gasteiger partial charge is 0.224 e. The van der Waals surface area contributed by atoms with Crippen LogP contribution in [-0.4, -0.2) is 26.6 Å². The fourth-order valence-corrected chi connectivity index (χ4v) is 1.71. The molecule has 0 radical (unpaired) electrons. The van der Waals surface area contributed by atoms with Crippen molar-refractivity contribution in [2.24, 2.45) is 0 Å². The quantitative estimate of drug-likeness (QED) is 0.793. The van der Waals surface area contributed by atoms with E-state index in [1.54, 1.807) is 13.2 Å². The van der Waals surface area contributed by atoms with Crippen molar-refractivity contribution in [1.82, 2.24) is 5.32 Å². The predicted octanol–water partition coefficient (Wildman–Crippen LogP) is 2.40. The first-order valence-corrected chi connectivity index (χ1v) is 6.24. The number of benzene rings is 1. The third kappa shape index (κ3) is 4.75. The van der Waals surface area contributed by atoms with Crippen molar-refractivity contribution in [2.45, 2.75) is 12.8 Å². The van der Waals surface area contributed by atoms with E-state index in [0.29, 0.717) is 6.42 Å². The van der Waals surface area contributed by atoms with Crippen LogP contribution in [0.2, 0.25) is 0 Å². The summed E-state index contributed by atoms with van der Waals surface area (Å²) in [6, 6.07) is 5.48.